The summed E-state index contributed by atoms with van der Waals surface area (Å²) in [5, 5.41) is 20.2. The average molecular weight is 369 g/mol. The number of carbonyl (C=O) groups is 2. The van der Waals surface area contributed by atoms with Gasteiger partial charge in [-0.15, -0.1) is 0 Å². The van der Waals surface area contributed by atoms with E-state index >= 15 is 0 Å². The van der Waals surface area contributed by atoms with Gasteiger partial charge in [-0.1, -0.05) is 43.0 Å². The number of phenols is 2. The third-order valence-electron chi connectivity index (χ3n) is 4.09. The highest BCUT2D eigenvalue weighted by Crippen LogP contribution is 2.40. The summed E-state index contributed by atoms with van der Waals surface area (Å²) in [6, 6.07) is 0. The molecule has 0 aliphatic carbocycles. The second kappa shape index (κ2) is 10.8. The van der Waals surface area contributed by atoms with Crippen molar-refractivity contribution in [3.63, 3.8) is 0 Å². The number of aromatic hydroxyl groups is 2. The van der Waals surface area contributed by atoms with Gasteiger partial charge >= 0.3 is 5.97 Å². The molecule has 0 saturated heterocycles. The Morgan fingerprint density at radius 2 is 1.72 bits per heavy atom. The first-order chi connectivity index (χ1) is 11.9. The van der Waals surface area contributed by atoms with E-state index in [0.717, 1.165) is 38.5 Å². The molecule has 0 aromatic heterocycles. The standard InChI is InChI=1S/C19H25ClO5/c1-13-15(12-21)18(23)14(19(24)17(13)20)10-8-6-4-3-5-7-9-11-16(22)25-2/h8,10,12,23-24H,3-7,9,11H2,1-2H3. The van der Waals surface area contributed by atoms with Gasteiger partial charge in [0.2, 0.25) is 0 Å². The van der Waals surface area contributed by atoms with Gasteiger partial charge in [0.25, 0.3) is 0 Å². The highest BCUT2D eigenvalue weighted by Gasteiger charge is 2.18. The van der Waals surface area contributed by atoms with Crippen LogP contribution >= 0.6 is 11.6 Å². The van der Waals surface area contributed by atoms with Crippen molar-refractivity contribution in [3.05, 3.63) is 27.8 Å². The predicted octanol–water partition coefficient (Wildman–Crippen LogP) is 4.79. The van der Waals surface area contributed by atoms with E-state index in [0.29, 0.717) is 18.3 Å². The van der Waals surface area contributed by atoms with Crippen molar-refractivity contribution in [1.82, 2.24) is 0 Å². The molecule has 25 heavy (non-hydrogen) atoms. The highest BCUT2D eigenvalue weighted by atomic mass is 35.5. The lowest BCUT2D eigenvalue weighted by Gasteiger charge is -2.11. The fourth-order valence-electron chi connectivity index (χ4n) is 2.52. The third-order valence-corrected chi connectivity index (χ3v) is 4.55. The van der Waals surface area contributed by atoms with Crippen molar-refractivity contribution >= 4 is 29.9 Å². The number of allylic oxidation sites excluding steroid dienone is 1. The maximum absolute atomic E-state index is 11.1. The molecular formula is C19H25ClO5. The SMILES string of the molecule is COC(=O)CCCCCCCC=Cc1c(O)c(Cl)c(C)c(C=O)c1O. The van der Waals surface area contributed by atoms with Crippen LogP contribution in [0.15, 0.2) is 6.08 Å². The quantitative estimate of drug-likeness (QED) is 0.352. The highest BCUT2D eigenvalue weighted by molar-refractivity contribution is 6.33. The van der Waals surface area contributed by atoms with Gasteiger partial charge in [-0.25, -0.2) is 0 Å². The van der Waals surface area contributed by atoms with Crippen LogP contribution in [0, 0.1) is 6.92 Å². The second-order valence-corrected chi connectivity index (χ2v) is 6.24. The fraction of sp³-hybridized carbons (Fsp3) is 0.474. The number of rotatable bonds is 10. The number of hydrogen-bond donors (Lipinski definition) is 2. The summed E-state index contributed by atoms with van der Waals surface area (Å²) in [6.07, 6.45) is 10.0. The van der Waals surface area contributed by atoms with Crippen molar-refractivity contribution in [2.45, 2.75) is 51.9 Å². The molecule has 1 rings (SSSR count). The monoisotopic (exact) mass is 368 g/mol. The molecule has 0 aliphatic heterocycles. The van der Waals surface area contributed by atoms with Crippen molar-refractivity contribution in [3.8, 4) is 11.5 Å². The average Bonchev–Trinajstić information content (AvgIpc) is 2.61. The van der Waals surface area contributed by atoms with Gasteiger partial charge in [0, 0.05) is 6.42 Å². The lowest BCUT2D eigenvalue weighted by Crippen LogP contribution is -1.99. The van der Waals surface area contributed by atoms with Gasteiger partial charge in [0.05, 0.1) is 23.3 Å². The molecule has 0 saturated carbocycles. The Morgan fingerprint density at radius 1 is 1.08 bits per heavy atom. The van der Waals surface area contributed by atoms with E-state index in [-0.39, 0.29) is 33.6 Å². The van der Waals surface area contributed by atoms with E-state index in [4.69, 9.17) is 11.6 Å². The third kappa shape index (κ3) is 6.09. The molecule has 1 aromatic rings. The zero-order chi connectivity index (χ0) is 18.8. The van der Waals surface area contributed by atoms with Gasteiger partial charge < -0.3 is 14.9 Å². The molecule has 0 fully saturated rings. The van der Waals surface area contributed by atoms with Crippen LogP contribution < -0.4 is 0 Å². The summed E-state index contributed by atoms with van der Waals surface area (Å²) in [6.45, 7) is 1.57. The maximum atomic E-state index is 11.1. The minimum Gasteiger partial charge on any atom is -0.506 e. The Kier molecular flexibility index (Phi) is 9.06. The number of hydrogen-bond acceptors (Lipinski definition) is 5. The molecule has 0 aliphatic rings. The van der Waals surface area contributed by atoms with Gasteiger partial charge in [-0.2, -0.15) is 0 Å². The van der Waals surface area contributed by atoms with E-state index in [1.807, 2.05) is 6.08 Å². The number of methoxy groups -OCH3 is 1. The Hall–Kier alpha value is -2.01. The molecular weight excluding hydrogens is 344 g/mol. The zero-order valence-corrected chi connectivity index (χ0v) is 15.4. The van der Waals surface area contributed by atoms with E-state index in [1.54, 1.807) is 13.0 Å². The Bertz CT molecular complexity index is 637. The van der Waals surface area contributed by atoms with Gasteiger partial charge in [0.15, 0.2) is 6.29 Å². The smallest absolute Gasteiger partial charge is 0.305 e. The molecule has 0 radical (unpaired) electrons. The van der Waals surface area contributed by atoms with Crippen LogP contribution in [0.3, 0.4) is 0 Å². The Morgan fingerprint density at radius 3 is 2.36 bits per heavy atom. The summed E-state index contributed by atoms with van der Waals surface area (Å²) < 4.78 is 4.58. The largest absolute Gasteiger partial charge is 0.506 e. The number of unbranched alkanes of at least 4 members (excludes halogenated alkanes) is 5. The van der Waals surface area contributed by atoms with Crippen LogP contribution in [0.1, 0.15) is 66.4 Å². The van der Waals surface area contributed by atoms with E-state index in [1.165, 1.54) is 7.11 Å². The zero-order valence-electron chi connectivity index (χ0n) is 14.7. The van der Waals surface area contributed by atoms with E-state index in [2.05, 4.69) is 4.74 Å². The van der Waals surface area contributed by atoms with Crippen LogP contribution in [-0.2, 0) is 9.53 Å². The number of aldehydes is 1. The van der Waals surface area contributed by atoms with Crippen molar-refractivity contribution < 1.29 is 24.5 Å². The number of ether oxygens (including phenoxy) is 1. The summed E-state index contributed by atoms with van der Waals surface area (Å²) in [4.78, 5) is 22.0. The van der Waals surface area contributed by atoms with Gasteiger partial charge in [-0.3, -0.25) is 9.59 Å². The molecule has 2 N–H and O–H groups in total. The minimum atomic E-state index is -0.256. The molecule has 0 bridgehead atoms. The Balaban J connectivity index is 2.46. The predicted molar refractivity (Wildman–Crippen MR) is 98.3 cm³/mol. The molecule has 5 nitrogen and oxygen atoms in total. The molecule has 6 heteroatoms. The Labute approximate surface area is 153 Å². The van der Waals surface area contributed by atoms with E-state index in [9.17, 15) is 19.8 Å². The summed E-state index contributed by atoms with van der Waals surface area (Å²) in [7, 11) is 1.39. The summed E-state index contributed by atoms with van der Waals surface area (Å²) in [5.41, 5.74) is 0.611. The maximum Gasteiger partial charge on any atom is 0.305 e. The molecule has 0 heterocycles. The molecule has 1 aromatic carbocycles. The summed E-state index contributed by atoms with van der Waals surface area (Å²) in [5.74, 6) is -0.649. The normalized spacial score (nSPS) is 11.0. The molecule has 0 spiro atoms. The van der Waals surface area contributed by atoms with Gasteiger partial charge in [-0.05, 0) is 31.7 Å². The van der Waals surface area contributed by atoms with Crippen LogP contribution in [-0.4, -0.2) is 29.6 Å². The molecule has 0 unspecified atom stereocenters. The number of esters is 1. The van der Waals surface area contributed by atoms with Crippen LogP contribution in [0.5, 0.6) is 11.5 Å². The number of halogens is 1. The van der Waals surface area contributed by atoms with Crippen molar-refractivity contribution in [2.24, 2.45) is 0 Å². The van der Waals surface area contributed by atoms with Gasteiger partial charge in [0.1, 0.15) is 11.5 Å². The van der Waals surface area contributed by atoms with E-state index < -0.39 is 0 Å². The molecule has 0 atom stereocenters. The summed E-state index contributed by atoms with van der Waals surface area (Å²) >= 11 is 6.00. The first kappa shape index (κ1) is 21.0. The lowest BCUT2D eigenvalue weighted by molar-refractivity contribution is -0.140. The number of carbonyl (C=O) groups excluding carboxylic acids is 2. The fourth-order valence-corrected chi connectivity index (χ4v) is 2.72. The topological polar surface area (TPSA) is 83.8 Å². The van der Waals surface area contributed by atoms with Crippen LogP contribution in [0.4, 0.5) is 0 Å². The minimum absolute atomic E-state index is 0.0742. The molecule has 138 valence electrons. The van der Waals surface area contributed by atoms with Crippen molar-refractivity contribution in [1.29, 1.82) is 0 Å². The second-order valence-electron chi connectivity index (χ2n) is 5.87. The molecule has 0 amide bonds. The number of benzene rings is 1. The first-order valence-electron chi connectivity index (χ1n) is 8.36. The van der Waals surface area contributed by atoms with Crippen molar-refractivity contribution in [2.75, 3.05) is 7.11 Å². The van der Waals surface area contributed by atoms with Crippen LogP contribution in [0.2, 0.25) is 5.02 Å². The van der Waals surface area contributed by atoms with Crippen LogP contribution in [0.25, 0.3) is 6.08 Å². The number of phenolic OH excluding ortho intramolecular Hbond substituents is 2. The first-order valence-corrected chi connectivity index (χ1v) is 8.74. The lowest BCUT2D eigenvalue weighted by atomic mass is 10.0.